The van der Waals surface area contributed by atoms with Crippen molar-refractivity contribution in [1.82, 2.24) is 0 Å². The Hall–Kier alpha value is -1.80. The molecule has 0 saturated heterocycles. The normalized spacial score (nSPS) is 12.2. The highest BCUT2D eigenvalue weighted by Gasteiger charge is 2.11. The van der Waals surface area contributed by atoms with Gasteiger partial charge in [-0.05, 0) is 55.2 Å². The van der Waals surface area contributed by atoms with Crippen LogP contribution < -0.4 is 4.74 Å². The molecule has 0 amide bonds. The number of aliphatic hydroxyl groups is 1. The van der Waals surface area contributed by atoms with Gasteiger partial charge in [0.2, 0.25) is 0 Å². The molecule has 1 atom stereocenters. The highest BCUT2D eigenvalue weighted by atomic mass is 16.5. The average molecular weight is 256 g/mol. The topological polar surface area (TPSA) is 29.5 Å². The molecule has 0 radical (unpaired) electrons. The molecule has 100 valence electrons. The third kappa shape index (κ3) is 3.15. The molecular formula is C17H20O2. The molecule has 2 nitrogen and oxygen atoms in total. The van der Waals surface area contributed by atoms with Crippen molar-refractivity contribution < 1.29 is 9.84 Å². The van der Waals surface area contributed by atoms with Crippen LogP contribution in [0.25, 0.3) is 0 Å². The minimum Gasteiger partial charge on any atom is -0.494 e. The number of benzene rings is 2. The van der Waals surface area contributed by atoms with Gasteiger partial charge in [0, 0.05) is 0 Å². The fourth-order valence-corrected chi connectivity index (χ4v) is 2.04. The summed E-state index contributed by atoms with van der Waals surface area (Å²) in [5.74, 6) is 0.832. The van der Waals surface area contributed by atoms with Crippen LogP contribution in [0.2, 0.25) is 0 Å². The first kappa shape index (κ1) is 13.6. The van der Waals surface area contributed by atoms with E-state index in [-0.39, 0.29) is 0 Å². The average Bonchev–Trinajstić information content (AvgIpc) is 2.42. The minimum absolute atomic E-state index is 0.588. The number of hydrogen-bond acceptors (Lipinski definition) is 2. The lowest BCUT2D eigenvalue weighted by Crippen LogP contribution is -2.01. The van der Waals surface area contributed by atoms with Crippen LogP contribution in [0, 0.1) is 13.8 Å². The molecule has 0 spiro atoms. The number of aliphatic hydroxyl groups excluding tert-OH is 1. The van der Waals surface area contributed by atoms with E-state index < -0.39 is 6.10 Å². The smallest absolute Gasteiger partial charge is 0.119 e. The van der Waals surface area contributed by atoms with Crippen LogP contribution in [0.4, 0.5) is 0 Å². The zero-order valence-electron chi connectivity index (χ0n) is 11.7. The van der Waals surface area contributed by atoms with Gasteiger partial charge in [0.15, 0.2) is 0 Å². The van der Waals surface area contributed by atoms with Gasteiger partial charge in [-0.3, -0.25) is 0 Å². The lowest BCUT2D eigenvalue weighted by molar-refractivity contribution is 0.220. The molecule has 2 heteroatoms. The molecule has 2 rings (SSSR count). The fraction of sp³-hybridized carbons (Fsp3) is 0.294. The summed E-state index contributed by atoms with van der Waals surface area (Å²) in [5.41, 5.74) is 4.24. The number of ether oxygens (including phenoxy) is 1. The third-order valence-corrected chi connectivity index (χ3v) is 3.35. The van der Waals surface area contributed by atoms with Gasteiger partial charge in [0.05, 0.1) is 6.61 Å². The number of aryl methyl sites for hydroxylation is 2. The SMILES string of the molecule is CCOc1ccc(C(O)c2ccc(C)c(C)c2)cc1. The molecule has 0 aliphatic heterocycles. The first-order chi connectivity index (χ1) is 9.11. The molecular weight excluding hydrogens is 236 g/mol. The van der Waals surface area contributed by atoms with Crippen molar-refractivity contribution in [3.8, 4) is 5.75 Å². The Morgan fingerprint density at radius 2 is 1.58 bits per heavy atom. The summed E-state index contributed by atoms with van der Waals surface area (Å²) in [5, 5.41) is 10.4. The van der Waals surface area contributed by atoms with Crippen LogP contribution in [0.3, 0.4) is 0 Å². The van der Waals surface area contributed by atoms with Crippen LogP contribution in [0.15, 0.2) is 42.5 Å². The molecule has 0 saturated carbocycles. The molecule has 0 bridgehead atoms. The predicted molar refractivity (Wildman–Crippen MR) is 77.6 cm³/mol. The van der Waals surface area contributed by atoms with Gasteiger partial charge in [-0.15, -0.1) is 0 Å². The molecule has 1 N–H and O–H groups in total. The van der Waals surface area contributed by atoms with Crippen LogP contribution in [0.5, 0.6) is 5.75 Å². The van der Waals surface area contributed by atoms with Gasteiger partial charge in [-0.2, -0.15) is 0 Å². The first-order valence-corrected chi connectivity index (χ1v) is 6.59. The standard InChI is InChI=1S/C17H20O2/c1-4-19-16-9-7-14(8-10-16)17(18)15-6-5-12(2)13(3)11-15/h5-11,17-18H,4H2,1-3H3. The maximum atomic E-state index is 10.4. The Morgan fingerprint density at radius 1 is 0.947 bits per heavy atom. The molecule has 19 heavy (non-hydrogen) atoms. The van der Waals surface area contributed by atoms with Gasteiger partial charge < -0.3 is 9.84 Å². The predicted octanol–water partition coefficient (Wildman–Crippen LogP) is 3.78. The molecule has 0 heterocycles. The van der Waals surface area contributed by atoms with Crippen molar-refractivity contribution in [3.63, 3.8) is 0 Å². The number of rotatable bonds is 4. The van der Waals surface area contributed by atoms with Crippen LogP contribution in [0.1, 0.15) is 35.3 Å². The third-order valence-electron chi connectivity index (χ3n) is 3.35. The van der Waals surface area contributed by atoms with E-state index in [9.17, 15) is 5.11 Å². The Bertz CT molecular complexity index is 544. The number of hydrogen-bond donors (Lipinski definition) is 1. The highest BCUT2D eigenvalue weighted by molar-refractivity contribution is 5.37. The van der Waals surface area contributed by atoms with Crippen molar-refractivity contribution in [1.29, 1.82) is 0 Å². The fourth-order valence-electron chi connectivity index (χ4n) is 2.04. The van der Waals surface area contributed by atoms with Crippen molar-refractivity contribution in [3.05, 3.63) is 64.7 Å². The van der Waals surface area contributed by atoms with E-state index in [1.165, 1.54) is 11.1 Å². The van der Waals surface area contributed by atoms with Crippen molar-refractivity contribution >= 4 is 0 Å². The van der Waals surface area contributed by atoms with E-state index >= 15 is 0 Å². The van der Waals surface area contributed by atoms with Gasteiger partial charge in [-0.25, -0.2) is 0 Å². The van der Waals surface area contributed by atoms with Crippen molar-refractivity contribution in [2.45, 2.75) is 26.9 Å². The summed E-state index contributed by atoms with van der Waals surface area (Å²) in [7, 11) is 0. The Labute approximate surface area is 114 Å². The zero-order valence-corrected chi connectivity index (χ0v) is 11.7. The maximum absolute atomic E-state index is 10.4. The summed E-state index contributed by atoms with van der Waals surface area (Å²) in [6.07, 6.45) is -0.588. The maximum Gasteiger partial charge on any atom is 0.119 e. The van der Waals surface area contributed by atoms with Crippen LogP contribution >= 0.6 is 0 Å². The zero-order chi connectivity index (χ0) is 13.8. The Morgan fingerprint density at radius 3 is 2.16 bits per heavy atom. The van der Waals surface area contributed by atoms with Crippen molar-refractivity contribution in [2.75, 3.05) is 6.61 Å². The largest absolute Gasteiger partial charge is 0.494 e. The van der Waals surface area contributed by atoms with Gasteiger partial charge >= 0.3 is 0 Å². The molecule has 0 aliphatic carbocycles. The van der Waals surface area contributed by atoms with E-state index in [0.717, 1.165) is 16.9 Å². The second kappa shape index (κ2) is 5.89. The molecule has 1 unspecified atom stereocenters. The molecule has 0 aliphatic rings. The molecule has 2 aromatic carbocycles. The van der Waals surface area contributed by atoms with E-state index in [4.69, 9.17) is 4.74 Å². The second-order valence-corrected chi connectivity index (χ2v) is 4.75. The summed E-state index contributed by atoms with van der Waals surface area (Å²) in [6.45, 7) is 6.74. The van der Waals surface area contributed by atoms with E-state index in [0.29, 0.717) is 6.61 Å². The minimum atomic E-state index is -0.588. The van der Waals surface area contributed by atoms with E-state index in [1.54, 1.807) is 0 Å². The Kier molecular flexibility index (Phi) is 4.23. The van der Waals surface area contributed by atoms with Gasteiger partial charge in [-0.1, -0.05) is 30.3 Å². The lowest BCUT2D eigenvalue weighted by atomic mass is 9.98. The van der Waals surface area contributed by atoms with Gasteiger partial charge in [0.1, 0.15) is 11.9 Å². The molecule has 2 aromatic rings. The molecule has 0 aromatic heterocycles. The lowest BCUT2D eigenvalue weighted by Gasteiger charge is -2.14. The highest BCUT2D eigenvalue weighted by Crippen LogP contribution is 2.25. The van der Waals surface area contributed by atoms with Crippen LogP contribution in [-0.4, -0.2) is 11.7 Å². The summed E-state index contributed by atoms with van der Waals surface area (Å²) >= 11 is 0. The summed E-state index contributed by atoms with van der Waals surface area (Å²) < 4.78 is 5.40. The Balaban J connectivity index is 2.22. The first-order valence-electron chi connectivity index (χ1n) is 6.59. The van der Waals surface area contributed by atoms with Crippen LogP contribution in [-0.2, 0) is 0 Å². The quantitative estimate of drug-likeness (QED) is 0.902. The van der Waals surface area contributed by atoms with E-state index in [1.807, 2.05) is 49.4 Å². The molecule has 0 fully saturated rings. The van der Waals surface area contributed by atoms with Gasteiger partial charge in [0.25, 0.3) is 0 Å². The van der Waals surface area contributed by atoms with E-state index in [2.05, 4.69) is 13.8 Å². The van der Waals surface area contributed by atoms with Crippen molar-refractivity contribution in [2.24, 2.45) is 0 Å². The summed E-state index contributed by atoms with van der Waals surface area (Å²) in [6, 6.07) is 13.7. The monoisotopic (exact) mass is 256 g/mol. The second-order valence-electron chi connectivity index (χ2n) is 4.75. The summed E-state index contributed by atoms with van der Waals surface area (Å²) in [4.78, 5) is 0.